The van der Waals surface area contributed by atoms with Gasteiger partial charge in [-0.3, -0.25) is 9.59 Å². The summed E-state index contributed by atoms with van der Waals surface area (Å²) < 4.78 is 0. The monoisotopic (exact) mass is 235 g/mol. The zero-order chi connectivity index (χ0) is 12.9. The molecule has 0 aliphatic rings. The minimum atomic E-state index is -1.20. The lowest BCUT2D eigenvalue weighted by molar-refractivity contribution is -0.131. The van der Waals surface area contributed by atoms with Gasteiger partial charge in [-0.2, -0.15) is 0 Å². The van der Waals surface area contributed by atoms with Gasteiger partial charge in [0.05, 0.1) is 0 Å². The summed E-state index contributed by atoms with van der Waals surface area (Å²) in [7, 11) is 0. The van der Waals surface area contributed by atoms with E-state index in [1.54, 1.807) is 31.2 Å². The molecule has 0 heterocycles. The molecule has 0 fully saturated rings. The number of benzene rings is 1. The van der Waals surface area contributed by atoms with Crippen molar-refractivity contribution in [3.63, 3.8) is 0 Å². The number of primary amides is 1. The molecular weight excluding hydrogens is 218 g/mol. The van der Waals surface area contributed by atoms with E-state index in [2.05, 4.69) is 5.32 Å². The summed E-state index contributed by atoms with van der Waals surface area (Å²) in [5, 5.41) is 2.62. The molecule has 5 nitrogen and oxygen atoms in total. The molecule has 0 aliphatic heterocycles. The number of nitrogens with one attached hydrogen (secondary N) is 1. The van der Waals surface area contributed by atoms with Crippen molar-refractivity contribution in [2.24, 2.45) is 11.5 Å². The number of rotatable bonds is 5. The zero-order valence-electron chi connectivity index (χ0n) is 9.77. The summed E-state index contributed by atoms with van der Waals surface area (Å²) in [4.78, 5) is 23.1. The molecular formula is C12H17N3O2. The van der Waals surface area contributed by atoms with E-state index in [4.69, 9.17) is 11.5 Å². The van der Waals surface area contributed by atoms with Crippen LogP contribution in [-0.4, -0.2) is 18.4 Å². The first-order valence-corrected chi connectivity index (χ1v) is 5.37. The summed E-state index contributed by atoms with van der Waals surface area (Å²) in [6.07, 6.45) is 0.162. The van der Waals surface area contributed by atoms with Crippen LogP contribution in [0.5, 0.6) is 0 Å². The van der Waals surface area contributed by atoms with Crippen LogP contribution >= 0.6 is 0 Å². The first-order valence-electron chi connectivity index (χ1n) is 5.37. The summed E-state index contributed by atoms with van der Waals surface area (Å²) in [5.41, 5.74) is 10.1. The fourth-order valence-electron chi connectivity index (χ4n) is 1.52. The Morgan fingerprint density at radius 3 is 2.35 bits per heavy atom. The lowest BCUT2D eigenvalue weighted by Crippen LogP contribution is -2.53. The predicted octanol–water partition coefficient (Wildman–Crippen LogP) is -0.148. The number of carbonyl (C=O) groups is 2. The number of carbonyl (C=O) groups excluding carboxylic acids is 2. The second kappa shape index (κ2) is 5.45. The molecule has 1 aromatic rings. The summed E-state index contributed by atoms with van der Waals surface area (Å²) in [6.45, 7) is 1.81. The van der Waals surface area contributed by atoms with Gasteiger partial charge in [0, 0.05) is 13.0 Å². The van der Waals surface area contributed by atoms with E-state index < -0.39 is 11.4 Å². The zero-order valence-corrected chi connectivity index (χ0v) is 9.77. The second-order valence-corrected chi connectivity index (χ2v) is 3.94. The highest BCUT2D eigenvalue weighted by atomic mass is 16.2. The fraction of sp³-hybridized carbons (Fsp3) is 0.333. The van der Waals surface area contributed by atoms with Crippen LogP contribution in [0.15, 0.2) is 30.3 Å². The molecule has 0 aromatic heterocycles. The van der Waals surface area contributed by atoms with Gasteiger partial charge in [0.15, 0.2) is 0 Å². The van der Waals surface area contributed by atoms with Gasteiger partial charge in [0.2, 0.25) is 11.8 Å². The SMILES string of the molecule is CC(NC(=O)CCN)(C(N)=O)c1ccccc1. The van der Waals surface area contributed by atoms with Gasteiger partial charge >= 0.3 is 0 Å². The summed E-state index contributed by atoms with van der Waals surface area (Å²) in [5.74, 6) is -0.897. The highest BCUT2D eigenvalue weighted by Crippen LogP contribution is 2.20. The maximum absolute atomic E-state index is 11.5. The van der Waals surface area contributed by atoms with Gasteiger partial charge < -0.3 is 16.8 Å². The van der Waals surface area contributed by atoms with Crippen LogP contribution in [0.25, 0.3) is 0 Å². The van der Waals surface area contributed by atoms with Crippen LogP contribution in [0.2, 0.25) is 0 Å². The molecule has 0 bridgehead atoms. The van der Waals surface area contributed by atoms with Crippen molar-refractivity contribution in [2.75, 3.05) is 6.54 Å². The molecule has 1 rings (SSSR count). The van der Waals surface area contributed by atoms with Crippen LogP contribution in [0.3, 0.4) is 0 Å². The largest absolute Gasteiger partial charge is 0.367 e. The quantitative estimate of drug-likeness (QED) is 0.662. The van der Waals surface area contributed by atoms with E-state index >= 15 is 0 Å². The maximum Gasteiger partial charge on any atom is 0.247 e. The number of nitrogens with two attached hydrogens (primary N) is 2. The van der Waals surface area contributed by atoms with Gasteiger partial charge in [-0.15, -0.1) is 0 Å². The fourth-order valence-corrected chi connectivity index (χ4v) is 1.52. The minimum Gasteiger partial charge on any atom is -0.367 e. The third-order valence-corrected chi connectivity index (χ3v) is 2.60. The number of hydrogen-bond donors (Lipinski definition) is 3. The molecule has 2 amide bonds. The van der Waals surface area contributed by atoms with Crippen LogP contribution in [-0.2, 0) is 15.1 Å². The Morgan fingerprint density at radius 2 is 1.88 bits per heavy atom. The molecule has 92 valence electrons. The van der Waals surface area contributed by atoms with Gasteiger partial charge in [-0.25, -0.2) is 0 Å². The van der Waals surface area contributed by atoms with E-state index in [0.29, 0.717) is 5.56 Å². The molecule has 0 saturated heterocycles. The first kappa shape index (κ1) is 13.2. The average molecular weight is 235 g/mol. The second-order valence-electron chi connectivity index (χ2n) is 3.94. The third kappa shape index (κ3) is 3.04. The van der Waals surface area contributed by atoms with E-state index in [9.17, 15) is 9.59 Å². The van der Waals surface area contributed by atoms with E-state index in [0.717, 1.165) is 0 Å². The standard InChI is InChI=1S/C12H17N3O2/c1-12(11(14)17,15-10(16)7-8-13)9-5-3-2-4-6-9/h2-6H,7-8,13H2,1H3,(H2,14,17)(H,15,16). The van der Waals surface area contributed by atoms with Crippen LogP contribution < -0.4 is 16.8 Å². The molecule has 0 spiro atoms. The molecule has 1 aromatic carbocycles. The Hall–Kier alpha value is -1.88. The lowest BCUT2D eigenvalue weighted by Gasteiger charge is -2.27. The number of amides is 2. The van der Waals surface area contributed by atoms with E-state index in [1.807, 2.05) is 6.07 Å². The average Bonchev–Trinajstić information content (AvgIpc) is 2.30. The smallest absolute Gasteiger partial charge is 0.247 e. The molecule has 17 heavy (non-hydrogen) atoms. The topological polar surface area (TPSA) is 98.2 Å². The lowest BCUT2D eigenvalue weighted by atomic mass is 9.91. The number of hydrogen-bond acceptors (Lipinski definition) is 3. The van der Waals surface area contributed by atoms with Crippen molar-refractivity contribution in [2.45, 2.75) is 18.9 Å². The molecule has 0 aliphatic carbocycles. The Bertz CT molecular complexity index is 405. The maximum atomic E-state index is 11.5. The van der Waals surface area contributed by atoms with E-state index in [-0.39, 0.29) is 18.9 Å². The van der Waals surface area contributed by atoms with E-state index in [1.165, 1.54) is 0 Å². The summed E-state index contributed by atoms with van der Waals surface area (Å²) in [6, 6.07) is 8.88. The van der Waals surface area contributed by atoms with Crippen molar-refractivity contribution >= 4 is 11.8 Å². The Kier molecular flexibility index (Phi) is 4.23. The van der Waals surface area contributed by atoms with Gasteiger partial charge in [0.1, 0.15) is 5.54 Å². The van der Waals surface area contributed by atoms with Crippen LogP contribution in [0, 0.1) is 0 Å². The van der Waals surface area contributed by atoms with Crippen LogP contribution in [0.1, 0.15) is 18.9 Å². The molecule has 0 radical (unpaired) electrons. The van der Waals surface area contributed by atoms with Crippen molar-refractivity contribution < 1.29 is 9.59 Å². The highest BCUT2D eigenvalue weighted by molar-refractivity contribution is 5.91. The minimum absolute atomic E-state index is 0.162. The van der Waals surface area contributed by atoms with Crippen molar-refractivity contribution in [1.29, 1.82) is 0 Å². The molecule has 5 N–H and O–H groups in total. The third-order valence-electron chi connectivity index (χ3n) is 2.60. The van der Waals surface area contributed by atoms with Gasteiger partial charge in [0.25, 0.3) is 0 Å². The first-order chi connectivity index (χ1) is 8.00. The van der Waals surface area contributed by atoms with Gasteiger partial charge in [-0.05, 0) is 12.5 Å². The Balaban J connectivity index is 2.99. The molecule has 5 heteroatoms. The van der Waals surface area contributed by atoms with Crippen molar-refractivity contribution in [3.05, 3.63) is 35.9 Å². The highest BCUT2D eigenvalue weighted by Gasteiger charge is 2.34. The Morgan fingerprint density at radius 1 is 1.29 bits per heavy atom. The van der Waals surface area contributed by atoms with Crippen molar-refractivity contribution in [1.82, 2.24) is 5.32 Å². The normalized spacial score (nSPS) is 13.8. The molecule has 0 saturated carbocycles. The van der Waals surface area contributed by atoms with Crippen molar-refractivity contribution in [3.8, 4) is 0 Å². The van der Waals surface area contributed by atoms with Gasteiger partial charge in [-0.1, -0.05) is 30.3 Å². The van der Waals surface area contributed by atoms with Crippen LogP contribution in [0.4, 0.5) is 0 Å². The predicted molar refractivity (Wildman–Crippen MR) is 64.8 cm³/mol. The Labute approximate surface area is 100 Å². The molecule has 1 atom stereocenters. The summed E-state index contributed by atoms with van der Waals surface area (Å²) >= 11 is 0. The molecule has 1 unspecified atom stereocenters.